The van der Waals surface area contributed by atoms with E-state index in [1.807, 2.05) is 0 Å². The van der Waals surface area contributed by atoms with Gasteiger partial charge in [-0.1, -0.05) is 18.9 Å². The van der Waals surface area contributed by atoms with Crippen LogP contribution in [0, 0.1) is 0 Å². The normalized spacial score (nSPS) is 32.5. The van der Waals surface area contributed by atoms with E-state index in [0.29, 0.717) is 18.7 Å². The van der Waals surface area contributed by atoms with Gasteiger partial charge in [-0.25, -0.2) is 0 Å². The maximum absolute atomic E-state index is 13.8. The van der Waals surface area contributed by atoms with Crippen molar-refractivity contribution in [2.75, 3.05) is 0 Å². The number of imide groups is 1. The molecule has 3 aliphatic heterocycles. The van der Waals surface area contributed by atoms with Crippen molar-refractivity contribution in [2.24, 2.45) is 0 Å². The summed E-state index contributed by atoms with van der Waals surface area (Å²) in [4.78, 5) is 43.1. The molecule has 0 spiro atoms. The minimum atomic E-state index is -0.332. The fourth-order valence-electron chi connectivity index (χ4n) is 6.03. The second-order valence-corrected chi connectivity index (χ2v) is 9.59. The van der Waals surface area contributed by atoms with E-state index in [0.717, 1.165) is 51.4 Å². The topological polar surface area (TPSA) is 57.7 Å². The Morgan fingerprint density at radius 3 is 2.19 bits per heavy atom. The van der Waals surface area contributed by atoms with Gasteiger partial charge in [-0.2, -0.15) is 0 Å². The minimum Gasteiger partial charge on any atom is -0.336 e. The molecule has 2 atom stereocenters. The highest BCUT2D eigenvalue weighted by atomic mass is 32.1. The maximum atomic E-state index is 13.8. The fourth-order valence-corrected chi connectivity index (χ4v) is 7.01. The lowest BCUT2D eigenvalue weighted by atomic mass is 9.81. The van der Waals surface area contributed by atoms with E-state index in [9.17, 15) is 14.4 Å². The first-order chi connectivity index (χ1) is 13.1. The molecule has 3 amide bonds. The first-order valence-electron chi connectivity index (χ1n) is 10.3. The molecule has 4 fully saturated rings. The highest BCUT2D eigenvalue weighted by Gasteiger charge is 2.53. The Morgan fingerprint density at radius 1 is 1.00 bits per heavy atom. The summed E-state index contributed by atoms with van der Waals surface area (Å²) in [6.45, 7) is 0. The lowest BCUT2D eigenvalue weighted by Crippen LogP contribution is -2.57. The molecule has 4 aliphatic rings. The molecule has 2 bridgehead atoms. The Hall–Kier alpha value is -1.69. The number of hydrogen-bond donors (Lipinski definition) is 0. The third kappa shape index (κ3) is 2.59. The molecule has 5 rings (SSSR count). The second-order valence-electron chi connectivity index (χ2n) is 8.65. The van der Waals surface area contributed by atoms with Crippen LogP contribution in [0.4, 0.5) is 0 Å². The molecule has 1 aromatic rings. The van der Waals surface area contributed by atoms with E-state index in [-0.39, 0.29) is 35.4 Å². The van der Waals surface area contributed by atoms with Crippen LogP contribution in [0.15, 0.2) is 17.5 Å². The summed E-state index contributed by atoms with van der Waals surface area (Å²) in [5.74, 6) is 0.275. The highest BCUT2D eigenvalue weighted by Crippen LogP contribution is 2.48. The summed E-state index contributed by atoms with van der Waals surface area (Å²) in [5, 5.41) is 2.08. The molecular formula is C21H26N2O3S. The van der Waals surface area contributed by atoms with Gasteiger partial charge in [0.15, 0.2) is 0 Å². The van der Waals surface area contributed by atoms with Crippen molar-refractivity contribution < 1.29 is 14.4 Å². The third-order valence-electron chi connectivity index (χ3n) is 7.26. The van der Waals surface area contributed by atoms with Crippen molar-refractivity contribution >= 4 is 29.1 Å². The Labute approximate surface area is 163 Å². The van der Waals surface area contributed by atoms with Gasteiger partial charge < -0.3 is 4.90 Å². The van der Waals surface area contributed by atoms with Gasteiger partial charge in [0, 0.05) is 35.8 Å². The molecule has 5 nitrogen and oxygen atoms in total. The summed E-state index contributed by atoms with van der Waals surface area (Å²) < 4.78 is 0. The van der Waals surface area contributed by atoms with E-state index < -0.39 is 0 Å². The van der Waals surface area contributed by atoms with Gasteiger partial charge in [0.05, 0.1) is 5.41 Å². The molecule has 3 saturated heterocycles. The first kappa shape index (κ1) is 17.4. The Morgan fingerprint density at radius 2 is 1.63 bits per heavy atom. The largest absolute Gasteiger partial charge is 0.336 e. The summed E-state index contributed by atoms with van der Waals surface area (Å²) in [6, 6.07) is 4.54. The van der Waals surface area contributed by atoms with Crippen molar-refractivity contribution in [2.45, 2.75) is 87.7 Å². The molecule has 1 saturated carbocycles. The van der Waals surface area contributed by atoms with Crippen LogP contribution in [0.25, 0.3) is 0 Å². The Balaban J connectivity index is 1.40. The standard InChI is InChI=1S/C21H26N2O3S/c24-18-7-8-19(25)23(18)16-12-14-5-6-15(13-16)22(14)20(26)21(9-1-2-10-21)17-4-3-11-27-17/h3-4,11,14-16H,1-2,5-10,12-13H2. The number of hydrogen-bond acceptors (Lipinski definition) is 4. The Kier molecular flexibility index (Phi) is 4.15. The predicted molar refractivity (Wildman–Crippen MR) is 102 cm³/mol. The van der Waals surface area contributed by atoms with E-state index in [1.54, 1.807) is 11.3 Å². The SMILES string of the molecule is O=C1CCC(=O)N1C1CC2CCC(C1)N2C(=O)C1(c2cccs2)CCCC1. The average Bonchev–Trinajstić information content (AvgIpc) is 3.43. The van der Waals surface area contributed by atoms with E-state index >= 15 is 0 Å². The monoisotopic (exact) mass is 386 g/mol. The minimum absolute atomic E-state index is 0.00434. The van der Waals surface area contributed by atoms with Crippen molar-refractivity contribution in [3.05, 3.63) is 22.4 Å². The number of carbonyl (C=O) groups excluding carboxylic acids is 3. The van der Waals surface area contributed by atoms with Gasteiger partial charge in [0.2, 0.25) is 17.7 Å². The fraction of sp³-hybridized carbons (Fsp3) is 0.667. The lowest BCUT2D eigenvalue weighted by Gasteiger charge is -2.45. The molecule has 2 unspecified atom stereocenters. The van der Waals surface area contributed by atoms with E-state index in [2.05, 4.69) is 22.4 Å². The molecule has 1 aromatic heterocycles. The second kappa shape index (κ2) is 6.43. The number of rotatable bonds is 3. The molecule has 0 aromatic carbocycles. The lowest BCUT2D eigenvalue weighted by molar-refractivity contribution is -0.147. The maximum Gasteiger partial charge on any atom is 0.234 e. The zero-order chi connectivity index (χ0) is 18.6. The predicted octanol–water partition coefficient (Wildman–Crippen LogP) is 3.23. The van der Waals surface area contributed by atoms with Gasteiger partial charge in [-0.05, 0) is 50.0 Å². The van der Waals surface area contributed by atoms with Crippen LogP contribution in [-0.4, -0.2) is 45.6 Å². The van der Waals surface area contributed by atoms with Crippen LogP contribution in [0.3, 0.4) is 0 Å². The summed E-state index contributed by atoms with van der Waals surface area (Å²) >= 11 is 1.71. The molecule has 4 heterocycles. The molecule has 0 N–H and O–H groups in total. The average molecular weight is 387 g/mol. The van der Waals surface area contributed by atoms with Crippen LogP contribution in [0.1, 0.15) is 69.1 Å². The van der Waals surface area contributed by atoms with Gasteiger partial charge >= 0.3 is 0 Å². The van der Waals surface area contributed by atoms with E-state index in [4.69, 9.17) is 0 Å². The number of fused-ring (bicyclic) bond motifs is 2. The van der Waals surface area contributed by atoms with Crippen LogP contribution < -0.4 is 0 Å². The number of nitrogens with zero attached hydrogens (tertiary/aromatic N) is 2. The molecule has 6 heteroatoms. The zero-order valence-corrected chi connectivity index (χ0v) is 16.4. The van der Waals surface area contributed by atoms with Crippen LogP contribution in [0.5, 0.6) is 0 Å². The molecule has 27 heavy (non-hydrogen) atoms. The van der Waals surface area contributed by atoms with Crippen molar-refractivity contribution in [3.8, 4) is 0 Å². The van der Waals surface area contributed by atoms with Gasteiger partial charge in [-0.15, -0.1) is 11.3 Å². The molecular weight excluding hydrogens is 360 g/mol. The molecule has 144 valence electrons. The van der Waals surface area contributed by atoms with Gasteiger partial charge in [-0.3, -0.25) is 19.3 Å². The summed E-state index contributed by atoms with van der Waals surface area (Å²) in [7, 11) is 0. The number of carbonyl (C=O) groups is 3. The van der Waals surface area contributed by atoms with Crippen LogP contribution >= 0.6 is 11.3 Å². The molecule has 1 aliphatic carbocycles. The highest BCUT2D eigenvalue weighted by molar-refractivity contribution is 7.10. The Bertz CT molecular complexity index is 738. The summed E-state index contributed by atoms with van der Waals surface area (Å²) in [6.07, 6.45) is 8.39. The third-order valence-corrected chi connectivity index (χ3v) is 8.33. The first-order valence-corrected chi connectivity index (χ1v) is 11.2. The zero-order valence-electron chi connectivity index (χ0n) is 15.6. The smallest absolute Gasteiger partial charge is 0.234 e. The number of likely N-dealkylation sites (tertiary alicyclic amines) is 1. The summed E-state index contributed by atoms with van der Waals surface area (Å²) in [5.41, 5.74) is -0.332. The van der Waals surface area contributed by atoms with Crippen LogP contribution in [0.2, 0.25) is 0 Å². The van der Waals surface area contributed by atoms with Crippen molar-refractivity contribution in [3.63, 3.8) is 0 Å². The van der Waals surface area contributed by atoms with Crippen LogP contribution in [-0.2, 0) is 19.8 Å². The van der Waals surface area contributed by atoms with Crippen molar-refractivity contribution in [1.29, 1.82) is 0 Å². The number of piperidine rings is 1. The molecule has 0 radical (unpaired) electrons. The van der Waals surface area contributed by atoms with E-state index in [1.165, 1.54) is 9.78 Å². The number of amides is 3. The van der Waals surface area contributed by atoms with Crippen molar-refractivity contribution in [1.82, 2.24) is 9.80 Å². The van der Waals surface area contributed by atoms with Gasteiger partial charge in [0.25, 0.3) is 0 Å². The number of thiophene rings is 1. The van der Waals surface area contributed by atoms with Gasteiger partial charge in [0.1, 0.15) is 0 Å². The quantitative estimate of drug-likeness (QED) is 0.750.